The summed E-state index contributed by atoms with van der Waals surface area (Å²) in [5.41, 5.74) is 2.16. The van der Waals surface area contributed by atoms with Gasteiger partial charge in [0.2, 0.25) is 0 Å². The van der Waals surface area contributed by atoms with Gasteiger partial charge < -0.3 is 18.6 Å². The average molecular weight is 417 g/mol. The van der Waals surface area contributed by atoms with Gasteiger partial charge in [0.05, 0.1) is 19.4 Å². The standard InChI is InChI=1S/C23H32N2O5/c1-7-25-17(6)20(16(5)21(25)23(28)29-8-2)18(26)14-24(12-11-15(3)4)22(27)19-10-9-13-30-19/h9-10,13,15H,7-8,11-12,14H2,1-6H3. The molecule has 164 valence electrons. The van der Waals surface area contributed by atoms with Crippen molar-refractivity contribution >= 4 is 17.7 Å². The number of hydrogen-bond acceptors (Lipinski definition) is 5. The molecule has 0 aliphatic rings. The number of nitrogens with zero attached hydrogens (tertiary/aromatic N) is 2. The van der Waals surface area contributed by atoms with Crippen molar-refractivity contribution in [1.29, 1.82) is 0 Å². The van der Waals surface area contributed by atoms with Crippen LogP contribution in [0.25, 0.3) is 0 Å². The van der Waals surface area contributed by atoms with Crippen LogP contribution in [0.5, 0.6) is 0 Å². The van der Waals surface area contributed by atoms with Gasteiger partial charge in [-0.3, -0.25) is 9.59 Å². The molecule has 0 aromatic carbocycles. The predicted molar refractivity (Wildman–Crippen MR) is 114 cm³/mol. The molecular formula is C23H32N2O5. The Balaban J connectivity index is 2.37. The maximum atomic E-state index is 13.3. The van der Waals surface area contributed by atoms with E-state index in [9.17, 15) is 14.4 Å². The molecule has 0 unspecified atom stereocenters. The minimum atomic E-state index is -0.442. The fourth-order valence-electron chi connectivity index (χ4n) is 3.64. The molecule has 0 fully saturated rings. The molecule has 7 nitrogen and oxygen atoms in total. The van der Waals surface area contributed by atoms with Gasteiger partial charge in [0.15, 0.2) is 11.5 Å². The summed E-state index contributed by atoms with van der Waals surface area (Å²) in [4.78, 5) is 40.2. The number of hydrogen-bond donors (Lipinski definition) is 0. The lowest BCUT2D eigenvalue weighted by atomic mass is 10.0. The highest BCUT2D eigenvalue weighted by molar-refractivity contribution is 6.05. The summed E-state index contributed by atoms with van der Waals surface area (Å²) in [7, 11) is 0. The Morgan fingerprint density at radius 1 is 1.20 bits per heavy atom. The van der Waals surface area contributed by atoms with Crippen LogP contribution in [0.1, 0.15) is 76.8 Å². The Kier molecular flexibility index (Phi) is 8.03. The Morgan fingerprint density at radius 2 is 1.90 bits per heavy atom. The van der Waals surface area contributed by atoms with Gasteiger partial charge in [0, 0.05) is 24.3 Å². The lowest BCUT2D eigenvalue weighted by Gasteiger charge is -2.22. The normalized spacial score (nSPS) is 11.0. The highest BCUT2D eigenvalue weighted by Crippen LogP contribution is 2.24. The van der Waals surface area contributed by atoms with E-state index in [1.807, 2.05) is 13.8 Å². The molecule has 0 spiro atoms. The number of furan rings is 1. The van der Waals surface area contributed by atoms with Crippen molar-refractivity contribution in [3.05, 3.63) is 46.7 Å². The molecular weight excluding hydrogens is 384 g/mol. The van der Waals surface area contributed by atoms with Crippen LogP contribution in [0.15, 0.2) is 22.8 Å². The smallest absolute Gasteiger partial charge is 0.355 e. The second-order valence-electron chi connectivity index (χ2n) is 7.71. The second kappa shape index (κ2) is 10.3. The molecule has 0 aliphatic heterocycles. The first kappa shape index (κ1) is 23.4. The topological polar surface area (TPSA) is 81.8 Å². The molecule has 0 atom stereocenters. The van der Waals surface area contributed by atoms with Crippen molar-refractivity contribution < 1.29 is 23.5 Å². The third-order valence-corrected chi connectivity index (χ3v) is 5.16. The zero-order valence-electron chi connectivity index (χ0n) is 18.8. The van der Waals surface area contributed by atoms with Gasteiger partial charge in [-0.05, 0) is 57.7 Å². The zero-order chi connectivity index (χ0) is 22.4. The third kappa shape index (κ3) is 5.01. The molecule has 0 saturated carbocycles. The number of carbonyl (C=O) groups excluding carboxylic acids is 3. The van der Waals surface area contributed by atoms with Gasteiger partial charge in [-0.15, -0.1) is 0 Å². The zero-order valence-corrected chi connectivity index (χ0v) is 18.8. The van der Waals surface area contributed by atoms with Crippen LogP contribution in [0.3, 0.4) is 0 Å². The molecule has 0 saturated heterocycles. The molecule has 0 bridgehead atoms. The van der Waals surface area contributed by atoms with E-state index in [-0.39, 0.29) is 30.6 Å². The van der Waals surface area contributed by atoms with E-state index in [0.29, 0.717) is 41.5 Å². The van der Waals surface area contributed by atoms with Crippen molar-refractivity contribution in [1.82, 2.24) is 9.47 Å². The quantitative estimate of drug-likeness (QED) is 0.427. The van der Waals surface area contributed by atoms with Gasteiger partial charge in [-0.25, -0.2) is 4.79 Å². The summed E-state index contributed by atoms with van der Waals surface area (Å²) in [6.07, 6.45) is 2.21. The first-order valence-corrected chi connectivity index (χ1v) is 10.5. The summed E-state index contributed by atoms with van der Waals surface area (Å²) in [5.74, 6) is -0.371. The molecule has 1 amide bonds. The molecule has 0 radical (unpaired) electrons. The maximum absolute atomic E-state index is 13.3. The van der Waals surface area contributed by atoms with Crippen molar-refractivity contribution in [3.8, 4) is 0 Å². The van der Waals surface area contributed by atoms with E-state index in [0.717, 1.165) is 6.42 Å². The van der Waals surface area contributed by atoms with Crippen LogP contribution in [0, 0.1) is 19.8 Å². The summed E-state index contributed by atoms with van der Waals surface area (Å²) >= 11 is 0. The van der Waals surface area contributed by atoms with Crippen molar-refractivity contribution in [2.24, 2.45) is 5.92 Å². The molecule has 2 rings (SSSR count). The molecule has 2 aromatic heterocycles. The summed E-state index contributed by atoms with van der Waals surface area (Å²) in [5, 5.41) is 0. The van der Waals surface area contributed by atoms with E-state index >= 15 is 0 Å². The number of aromatic nitrogens is 1. The first-order valence-electron chi connectivity index (χ1n) is 10.5. The molecule has 7 heteroatoms. The predicted octanol–water partition coefficient (Wildman–Crippen LogP) is 4.27. The minimum Gasteiger partial charge on any atom is -0.461 e. The van der Waals surface area contributed by atoms with E-state index in [1.54, 1.807) is 30.5 Å². The lowest BCUT2D eigenvalue weighted by molar-refractivity contribution is 0.0512. The molecule has 30 heavy (non-hydrogen) atoms. The second-order valence-corrected chi connectivity index (χ2v) is 7.71. The van der Waals surface area contributed by atoms with Gasteiger partial charge >= 0.3 is 5.97 Å². The third-order valence-electron chi connectivity index (χ3n) is 5.16. The number of esters is 1. The SMILES string of the molecule is CCOC(=O)c1c(C)c(C(=O)CN(CCC(C)C)C(=O)c2ccco2)c(C)n1CC. The Bertz CT molecular complexity index is 893. The number of ketones is 1. The fraction of sp³-hybridized carbons (Fsp3) is 0.522. The maximum Gasteiger partial charge on any atom is 0.355 e. The average Bonchev–Trinajstić information content (AvgIpc) is 3.30. The number of carbonyl (C=O) groups is 3. The first-order chi connectivity index (χ1) is 14.2. The Hall–Kier alpha value is -2.83. The van der Waals surface area contributed by atoms with Crippen LogP contribution < -0.4 is 0 Å². The molecule has 0 aliphatic carbocycles. The van der Waals surface area contributed by atoms with Gasteiger partial charge in [-0.2, -0.15) is 0 Å². The Morgan fingerprint density at radius 3 is 2.43 bits per heavy atom. The van der Waals surface area contributed by atoms with Gasteiger partial charge in [-0.1, -0.05) is 13.8 Å². The molecule has 2 heterocycles. The summed E-state index contributed by atoms with van der Waals surface area (Å²) < 4.78 is 12.2. The number of rotatable bonds is 10. The monoisotopic (exact) mass is 416 g/mol. The molecule has 2 aromatic rings. The van der Waals surface area contributed by atoms with E-state index in [4.69, 9.17) is 9.15 Å². The highest BCUT2D eigenvalue weighted by atomic mass is 16.5. The highest BCUT2D eigenvalue weighted by Gasteiger charge is 2.29. The summed E-state index contributed by atoms with van der Waals surface area (Å²) in [6, 6.07) is 3.25. The van der Waals surface area contributed by atoms with Crippen LogP contribution in [0.2, 0.25) is 0 Å². The van der Waals surface area contributed by atoms with Gasteiger partial charge in [0.1, 0.15) is 5.69 Å². The fourth-order valence-corrected chi connectivity index (χ4v) is 3.64. The van der Waals surface area contributed by atoms with E-state index < -0.39 is 5.97 Å². The number of Topliss-reactive ketones (excluding diaryl/α,β-unsaturated/α-hetero) is 1. The van der Waals surface area contributed by atoms with E-state index in [2.05, 4.69) is 13.8 Å². The number of ether oxygens (including phenoxy) is 1. The van der Waals surface area contributed by atoms with Gasteiger partial charge in [0.25, 0.3) is 5.91 Å². The van der Waals surface area contributed by atoms with Crippen LogP contribution in [-0.2, 0) is 11.3 Å². The van der Waals surface area contributed by atoms with Crippen LogP contribution in [-0.4, -0.2) is 46.8 Å². The van der Waals surface area contributed by atoms with Crippen molar-refractivity contribution in [3.63, 3.8) is 0 Å². The molecule has 0 N–H and O–H groups in total. The van der Waals surface area contributed by atoms with E-state index in [1.165, 1.54) is 11.2 Å². The largest absolute Gasteiger partial charge is 0.461 e. The van der Waals surface area contributed by atoms with Crippen molar-refractivity contribution in [2.75, 3.05) is 19.7 Å². The summed E-state index contributed by atoms with van der Waals surface area (Å²) in [6.45, 7) is 12.5. The Labute approximate surface area is 178 Å². The number of amides is 1. The van der Waals surface area contributed by atoms with Crippen LogP contribution in [0.4, 0.5) is 0 Å². The lowest BCUT2D eigenvalue weighted by Crippen LogP contribution is -2.37. The minimum absolute atomic E-state index is 0.0794. The van der Waals surface area contributed by atoms with Crippen LogP contribution >= 0.6 is 0 Å². The van der Waals surface area contributed by atoms with Crippen molar-refractivity contribution in [2.45, 2.75) is 54.5 Å².